The molecule has 7 rings (SSSR count). The number of hydrogen-bond donors (Lipinski definition) is 2. The van der Waals surface area contributed by atoms with E-state index >= 15 is 0 Å². The monoisotopic (exact) mass is 760 g/mol. The molecule has 3 atom stereocenters. The fourth-order valence-corrected chi connectivity index (χ4v) is 8.52. The fourth-order valence-electron chi connectivity index (χ4n) is 8.05. The van der Waals surface area contributed by atoms with Gasteiger partial charge in [-0.2, -0.15) is 5.10 Å². The standard InChI is InChI=1S/C37H45BrN8O5/c1-43-22-26(19-27(23-43)41-29-21-40-44(2)36(50)33(29)38)24-3-5-25(6-4-24)35(49)46-17-13-37(14-18-46)11-15-45(16-12-37)31-9-7-28(20-39-31)51-30-8-10-32(47)42-34(30)48/h3-7,9,20-21,26-27,30,41H,8,10-19,22-23H2,1-2H3,(H,42,47,48)/t26-,27+,30?/m1/s1. The summed E-state index contributed by atoms with van der Waals surface area (Å²) >= 11 is 3.43. The van der Waals surface area contributed by atoms with Crippen LogP contribution in [0.15, 0.2) is 58.1 Å². The summed E-state index contributed by atoms with van der Waals surface area (Å²) in [4.78, 5) is 60.6. The minimum absolute atomic E-state index is 0.0981. The second kappa shape index (κ2) is 14.7. The molecular formula is C37H45BrN8O5. The Balaban J connectivity index is 0.887. The average Bonchev–Trinajstić information content (AvgIpc) is 3.14. The van der Waals surface area contributed by atoms with Gasteiger partial charge in [-0.3, -0.25) is 24.5 Å². The molecule has 0 bridgehead atoms. The normalized spacial score (nSPS) is 23.9. The maximum absolute atomic E-state index is 13.6. The van der Waals surface area contributed by atoms with Gasteiger partial charge in [0.05, 0.1) is 18.1 Å². The first-order valence-electron chi connectivity index (χ1n) is 17.8. The number of likely N-dealkylation sites (N-methyl/N-ethyl adjacent to an activating group) is 1. The summed E-state index contributed by atoms with van der Waals surface area (Å²) in [5, 5.41) is 10.00. The predicted molar refractivity (Wildman–Crippen MR) is 196 cm³/mol. The summed E-state index contributed by atoms with van der Waals surface area (Å²) in [6.45, 7) is 5.11. The number of halogens is 1. The van der Waals surface area contributed by atoms with Crippen molar-refractivity contribution in [1.29, 1.82) is 0 Å². The Labute approximate surface area is 305 Å². The van der Waals surface area contributed by atoms with E-state index < -0.39 is 12.0 Å². The van der Waals surface area contributed by atoms with E-state index in [0.29, 0.717) is 28.2 Å². The Morgan fingerprint density at radius 2 is 1.69 bits per heavy atom. The highest BCUT2D eigenvalue weighted by Gasteiger charge is 2.39. The molecular weight excluding hydrogens is 716 g/mol. The van der Waals surface area contributed by atoms with Gasteiger partial charge in [0.15, 0.2) is 6.10 Å². The Bertz CT molecular complexity index is 1820. The van der Waals surface area contributed by atoms with Crippen molar-refractivity contribution >= 4 is 45.2 Å². The van der Waals surface area contributed by atoms with E-state index in [-0.39, 0.29) is 35.3 Å². The molecule has 3 aromatic rings. The first-order chi connectivity index (χ1) is 24.6. The molecule has 6 heterocycles. The van der Waals surface area contributed by atoms with E-state index in [0.717, 1.165) is 82.8 Å². The zero-order chi connectivity index (χ0) is 35.7. The van der Waals surface area contributed by atoms with Crippen LogP contribution in [0, 0.1) is 5.41 Å². The van der Waals surface area contributed by atoms with Crippen LogP contribution in [0.4, 0.5) is 11.5 Å². The lowest BCUT2D eigenvalue weighted by Crippen LogP contribution is -2.48. The summed E-state index contributed by atoms with van der Waals surface area (Å²) in [5.41, 5.74) is 2.71. The molecule has 1 unspecified atom stereocenters. The number of benzene rings is 1. The maximum Gasteiger partial charge on any atom is 0.282 e. The number of imide groups is 1. The second-order valence-corrected chi connectivity index (χ2v) is 15.4. The van der Waals surface area contributed by atoms with Crippen LogP contribution < -0.4 is 25.8 Å². The number of ether oxygens (including phenoxy) is 1. The van der Waals surface area contributed by atoms with Crippen LogP contribution in [0.2, 0.25) is 0 Å². The number of nitrogens with zero attached hydrogens (tertiary/aromatic N) is 6. The fraction of sp³-hybridized carbons (Fsp3) is 0.514. The lowest BCUT2D eigenvalue weighted by molar-refractivity contribution is -0.138. The molecule has 0 aliphatic carbocycles. The number of aromatic nitrogens is 3. The lowest BCUT2D eigenvalue weighted by atomic mass is 9.71. The molecule has 3 amide bonds. The third-order valence-corrected chi connectivity index (χ3v) is 11.9. The number of anilines is 2. The van der Waals surface area contributed by atoms with Gasteiger partial charge in [0.1, 0.15) is 16.0 Å². The SMILES string of the molecule is CN1C[C@@H](Nc2cnn(C)c(=O)c2Br)C[C@@H](c2ccc(C(=O)N3CCC4(CC3)CCN(c3ccc(OC5CCC(=O)NC5=O)cn3)CC4)cc2)C1. The molecule has 2 N–H and O–H groups in total. The van der Waals surface area contributed by atoms with Crippen LogP contribution in [-0.2, 0) is 16.6 Å². The first kappa shape index (κ1) is 35.1. The molecule has 0 radical (unpaired) electrons. The molecule has 1 spiro atoms. The van der Waals surface area contributed by atoms with Crippen molar-refractivity contribution in [2.75, 3.05) is 56.5 Å². The summed E-state index contributed by atoms with van der Waals surface area (Å²) < 4.78 is 7.58. The number of likely N-dealkylation sites (tertiary alicyclic amines) is 2. The van der Waals surface area contributed by atoms with Crippen molar-refractivity contribution < 1.29 is 19.1 Å². The highest BCUT2D eigenvalue weighted by molar-refractivity contribution is 9.10. The van der Waals surface area contributed by atoms with E-state index in [9.17, 15) is 19.2 Å². The van der Waals surface area contributed by atoms with Crippen LogP contribution in [0.3, 0.4) is 0 Å². The highest BCUT2D eigenvalue weighted by atomic mass is 79.9. The van der Waals surface area contributed by atoms with Gasteiger partial charge in [-0.1, -0.05) is 12.1 Å². The van der Waals surface area contributed by atoms with Gasteiger partial charge in [-0.05, 0) is 96.2 Å². The van der Waals surface area contributed by atoms with Crippen LogP contribution >= 0.6 is 15.9 Å². The zero-order valence-corrected chi connectivity index (χ0v) is 30.7. The molecule has 51 heavy (non-hydrogen) atoms. The maximum atomic E-state index is 13.6. The summed E-state index contributed by atoms with van der Waals surface area (Å²) in [7, 11) is 3.75. The van der Waals surface area contributed by atoms with Crippen LogP contribution in [0.5, 0.6) is 5.75 Å². The first-order valence-corrected chi connectivity index (χ1v) is 18.6. The zero-order valence-electron chi connectivity index (χ0n) is 29.1. The van der Waals surface area contributed by atoms with Crippen molar-refractivity contribution in [3.63, 3.8) is 0 Å². The van der Waals surface area contributed by atoms with Gasteiger partial charge < -0.3 is 24.8 Å². The Hall–Kier alpha value is -4.30. The predicted octanol–water partition coefficient (Wildman–Crippen LogP) is 3.54. The average molecular weight is 762 g/mol. The topological polar surface area (TPSA) is 142 Å². The number of carbonyl (C=O) groups is 3. The van der Waals surface area contributed by atoms with Crippen LogP contribution in [0.1, 0.15) is 66.8 Å². The van der Waals surface area contributed by atoms with E-state index in [1.165, 1.54) is 10.2 Å². The van der Waals surface area contributed by atoms with Crippen molar-refractivity contribution in [1.82, 2.24) is 29.9 Å². The number of pyridine rings is 1. The van der Waals surface area contributed by atoms with Crippen LogP contribution in [-0.4, -0.2) is 101 Å². The smallest absolute Gasteiger partial charge is 0.282 e. The minimum Gasteiger partial charge on any atom is -0.479 e. The quantitative estimate of drug-likeness (QED) is 0.344. The Morgan fingerprint density at radius 1 is 0.961 bits per heavy atom. The molecule has 4 aliphatic rings. The van der Waals surface area contributed by atoms with E-state index in [2.05, 4.69) is 65.6 Å². The number of carbonyl (C=O) groups excluding carboxylic acids is 3. The van der Waals surface area contributed by atoms with Gasteiger partial charge in [-0.15, -0.1) is 0 Å². The van der Waals surface area contributed by atoms with Gasteiger partial charge in [0.2, 0.25) is 5.91 Å². The lowest BCUT2D eigenvalue weighted by Gasteiger charge is -2.47. The largest absolute Gasteiger partial charge is 0.479 e. The molecule has 0 saturated carbocycles. The van der Waals surface area contributed by atoms with Crippen molar-refractivity contribution in [3.05, 3.63) is 74.7 Å². The summed E-state index contributed by atoms with van der Waals surface area (Å²) in [6.07, 6.45) is 8.31. The number of nitrogens with one attached hydrogen (secondary N) is 2. The van der Waals surface area contributed by atoms with Gasteiger partial charge in [0.25, 0.3) is 17.4 Å². The minimum atomic E-state index is -0.676. The molecule has 14 heteroatoms. The van der Waals surface area contributed by atoms with Gasteiger partial charge >= 0.3 is 0 Å². The highest BCUT2D eigenvalue weighted by Crippen LogP contribution is 2.42. The van der Waals surface area contributed by atoms with E-state index in [1.807, 2.05) is 29.2 Å². The number of amides is 3. The molecule has 2 aromatic heterocycles. The molecule has 270 valence electrons. The second-order valence-electron chi connectivity index (χ2n) is 14.6. The van der Waals surface area contributed by atoms with Crippen molar-refractivity contribution in [2.24, 2.45) is 12.5 Å². The molecule has 13 nitrogen and oxygen atoms in total. The molecule has 1 aromatic carbocycles. The third-order valence-electron chi connectivity index (χ3n) is 11.1. The summed E-state index contributed by atoms with van der Waals surface area (Å²) in [5.74, 6) is 1.13. The Morgan fingerprint density at radius 3 is 2.37 bits per heavy atom. The molecule has 4 aliphatic heterocycles. The Kier molecular flexibility index (Phi) is 10.2. The number of piperidine rings is 4. The number of aryl methyl sites for hydroxylation is 1. The van der Waals surface area contributed by atoms with Crippen molar-refractivity contribution in [3.8, 4) is 5.75 Å². The van der Waals surface area contributed by atoms with Crippen molar-refractivity contribution in [2.45, 2.75) is 63.0 Å². The molecule has 4 saturated heterocycles. The van der Waals surface area contributed by atoms with E-state index in [4.69, 9.17) is 4.74 Å². The molecule has 4 fully saturated rings. The summed E-state index contributed by atoms with van der Waals surface area (Å²) in [6, 6.07) is 12.1. The van der Waals surface area contributed by atoms with Crippen LogP contribution in [0.25, 0.3) is 0 Å². The third kappa shape index (κ3) is 7.81. The van der Waals surface area contributed by atoms with E-state index in [1.54, 1.807) is 19.4 Å². The number of rotatable bonds is 7. The number of hydrogen-bond acceptors (Lipinski definition) is 10. The van der Waals surface area contributed by atoms with Gasteiger partial charge in [-0.25, -0.2) is 9.67 Å². The van der Waals surface area contributed by atoms with Gasteiger partial charge in [0, 0.05) is 70.8 Å².